The summed E-state index contributed by atoms with van der Waals surface area (Å²) >= 11 is 0. The number of rotatable bonds is 3. The molecule has 2 unspecified atom stereocenters. The fourth-order valence-corrected chi connectivity index (χ4v) is 3.19. The summed E-state index contributed by atoms with van der Waals surface area (Å²) in [5.74, 6) is 4.26. The molecule has 0 saturated carbocycles. The first kappa shape index (κ1) is 9.88. The Labute approximate surface area is 70.8 Å². The van der Waals surface area contributed by atoms with Crippen LogP contribution in [-0.2, 0) is 14.7 Å². The van der Waals surface area contributed by atoms with Crippen molar-refractivity contribution in [1.29, 1.82) is 0 Å². The van der Waals surface area contributed by atoms with E-state index in [2.05, 4.69) is 10.7 Å². The first-order valence-electron chi connectivity index (χ1n) is 3.71. The fourth-order valence-electron chi connectivity index (χ4n) is 1.34. The molecule has 1 fully saturated rings. The van der Waals surface area contributed by atoms with E-state index in [1.54, 1.807) is 0 Å². The molecule has 12 heavy (non-hydrogen) atoms. The second-order valence-corrected chi connectivity index (χ2v) is 5.24. The lowest BCUT2D eigenvalue weighted by Crippen LogP contribution is -2.24. The van der Waals surface area contributed by atoms with Gasteiger partial charge >= 0.3 is 0 Å². The Bertz CT molecular complexity index is 241. The van der Waals surface area contributed by atoms with E-state index in [0.29, 0.717) is 6.42 Å². The van der Waals surface area contributed by atoms with Crippen LogP contribution in [0.4, 0.5) is 4.39 Å². The van der Waals surface area contributed by atoms with Crippen molar-refractivity contribution < 1.29 is 17.6 Å². The Hall–Kier alpha value is -0.200. The second-order valence-electron chi connectivity index (χ2n) is 3.01. The molecule has 1 saturated heterocycles. The molecule has 2 N–H and O–H groups in total. The molecule has 0 amide bonds. The standard InChI is InChI=1S/C6H12FNO3S/c7-6(3-11-8)5-1-2-12(9,10)4-5/h5-6H,1-4,8H2. The molecule has 1 heterocycles. The Morgan fingerprint density at radius 2 is 2.33 bits per heavy atom. The van der Waals surface area contributed by atoms with Crippen molar-refractivity contribution in [2.75, 3.05) is 18.1 Å². The number of halogens is 1. The fraction of sp³-hybridized carbons (Fsp3) is 1.00. The molecule has 0 aliphatic carbocycles. The highest BCUT2D eigenvalue weighted by atomic mass is 32.2. The van der Waals surface area contributed by atoms with Gasteiger partial charge in [-0.05, 0) is 6.42 Å². The van der Waals surface area contributed by atoms with E-state index in [0.717, 1.165) is 0 Å². The molecule has 0 aromatic rings. The van der Waals surface area contributed by atoms with E-state index in [-0.39, 0.29) is 18.1 Å². The van der Waals surface area contributed by atoms with Crippen LogP contribution >= 0.6 is 0 Å². The van der Waals surface area contributed by atoms with Crippen molar-refractivity contribution >= 4 is 9.84 Å². The van der Waals surface area contributed by atoms with Gasteiger partial charge in [-0.15, -0.1) is 0 Å². The minimum Gasteiger partial charge on any atom is -0.302 e. The van der Waals surface area contributed by atoms with Gasteiger partial charge in [-0.3, -0.25) is 0 Å². The number of nitrogens with two attached hydrogens (primary N) is 1. The Morgan fingerprint density at radius 1 is 1.67 bits per heavy atom. The van der Waals surface area contributed by atoms with Crippen molar-refractivity contribution in [3.8, 4) is 0 Å². The lowest BCUT2D eigenvalue weighted by atomic mass is 10.0. The summed E-state index contributed by atoms with van der Waals surface area (Å²) in [5, 5.41) is 0. The molecule has 1 aliphatic rings. The molecule has 2 atom stereocenters. The van der Waals surface area contributed by atoms with Gasteiger partial charge in [0, 0.05) is 5.92 Å². The lowest BCUT2D eigenvalue weighted by molar-refractivity contribution is 0.0598. The molecule has 6 heteroatoms. The van der Waals surface area contributed by atoms with Crippen LogP contribution in [0.3, 0.4) is 0 Å². The van der Waals surface area contributed by atoms with Crippen molar-refractivity contribution in [2.45, 2.75) is 12.6 Å². The number of hydrogen-bond acceptors (Lipinski definition) is 4. The van der Waals surface area contributed by atoms with Gasteiger partial charge in [0.05, 0.1) is 18.1 Å². The zero-order valence-corrected chi connectivity index (χ0v) is 7.39. The lowest BCUT2D eigenvalue weighted by Gasteiger charge is -2.11. The van der Waals surface area contributed by atoms with E-state index in [1.165, 1.54) is 0 Å². The van der Waals surface area contributed by atoms with Gasteiger partial charge in [-0.1, -0.05) is 0 Å². The summed E-state index contributed by atoms with van der Waals surface area (Å²) in [6.45, 7) is -0.222. The van der Waals surface area contributed by atoms with Crippen molar-refractivity contribution in [1.82, 2.24) is 0 Å². The third kappa shape index (κ3) is 2.40. The zero-order chi connectivity index (χ0) is 9.19. The monoisotopic (exact) mass is 197 g/mol. The normalized spacial score (nSPS) is 30.3. The highest BCUT2D eigenvalue weighted by molar-refractivity contribution is 7.91. The smallest absolute Gasteiger partial charge is 0.150 e. The van der Waals surface area contributed by atoms with Crippen LogP contribution in [0.1, 0.15) is 6.42 Å². The maximum absolute atomic E-state index is 13.0. The zero-order valence-electron chi connectivity index (χ0n) is 6.57. The van der Waals surface area contributed by atoms with Gasteiger partial charge < -0.3 is 4.84 Å². The van der Waals surface area contributed by atoms with Gasteiger partial charge in [0.15, 0.2) is 9.84 Å². The van der Waals surface area contributed by atoms with Crippen LogP contribution in [0.25, 0.3) is 0 Å². The predicted octanol–water partition coefficient (Wildman–Crippen LogP) is -0.350. The van der Waals surface area contributed by atoms with Gasteiger partial charge in [0.2, 0.25) is 0 Å². The quantitative estimate of drug-likeness (QED) is 0.628. The molecule has 0 spiro atoms. The summed E-state index contributed by atoms with van der Waals surface area (Å²) in [6.07, 6.45) is -0.875. The Balaban J connectivity index is 2.46. The largest absolute Gasteiger partial charge is 0.302 e. The van der Waals surface area contributed by atoms with E-state index in [4.69, 9.17) is 0 Å². The van der Waals surface area contributed by atoms with Crippen molar-refractivity contribution in [3.05, 3.63) is 0 Å². The second kappa shape index (κ2) is 3.68. The molecule has 1 aliphatic heterocycles. The third-order valence-corrected chi connectivity index (χ3v) is 3.83. The average Bonchev–Trinajstić information content (AvgIpc) is 2.31. The van der Waals surface area contributed by atoms with Gasteiger partial charge in [-0.2, -0.15) is 0 Å². The highest BCUT2D eigenvalue weighted by Gasteiger charge is 2.33. The minimum atomic E-state index is -3.00. The molecule has 0 aromatic heterocycles. The van der Waals surface area contributed by atoms with Crippen molar-refractivity contribution in [2.24, 2.45) is 11.8 Å². The topological polar surface area (TPSA) is 69.4 Å². The van der Waals surface area contributed by atoms with E-state index in [1.807, 2.05) is 0 Å². The first-order valence-corrected chi connectivity index (χ1v) is 5.53. The van der Waals surface area contributed by atoms with Crippen LogP contribution < -0.4 is 5.90 Å². The predicted molar refractivity (Wildman–Crippen MR) is 41.8 cm³/mol. The molecule has 0 aromatic carbocycles. The Kier molecular flexibility index (Phi) is 3.03. The van der Waals surface area contributed by atoms with Crippen LogP contribution in [-0.4, -0.2) is 32.7 Å². The molecular formula is C6H12FNO3S. The molecular weight excluding hydrogens is 185 g/mol. The summed E-state index contributed by atoms with van der Waals surface area (Å²) in [5.41, 5.74) is 0. The van der Waals surface area contributed by atoms with Crippen LogP contribution in [0.15, 0.2) is 0 Å². The molecule has 1 rings (SSSR count). The Morgan fingerprint density at radius 3 is 2.75 bits per heavy atom. The van der Waals surface area contributed by atoms with Crippen LogP contribution in [0.5, 0.6) is 0 Å². The maximum Gasteiger partial charge on any atom is 0.150 e. The summed E-state index contributed by atoms with van der Waals surface area (Å²) in [4.78, 5) is 4.11. The van der Waals surface area contributed by atoms with Gasteiger partial charge in [-0.25, -0.2) is 18.7 Å². The molecule has 4 nitrogen and oxygen atoms in total. The number of hydrogen-bond donors (Lipinski definition) is 1. The first-order chi connectivity index (χ1) is 5.55. The van der Waals surface area contributed by atoms with Gasteiger partial charge in [0.25, 0.3) is 0 Å². The van der Waals surface area contributed by atoms with E-state index >= 15 is 0 Å². The van der Waals surface area contributed by atoms with Crippen LogP contribution in [0.2, 0.25) is 0 Å². The minimum absolute atomic E-state index is 0.0719. The van der Waals surface area contributed by atoms with Gasteiger partial charge in [0.1, 0.15) is 6.17 Å². The third-order valence-electron chi connectivity index (χ3n) is 2.03. The number of sulfone groups is 1. The van der Waals surface area contributed by atoms with E-state index < -0.39 is 21.9 Å². The maximum atomic E-state index is 13.0. The van der Waals surface area contributed by atoms with Crippen LogP contribution in [0, 0.1) is 5.92 Å². The molecule has 72 valence electrons. The molecule has 0 bridgehead atoms. The summed E-state index contributed by atoms with van der Waals surface area (Å²) in [7, 11) is -3.00. The van der Waals surface area contributed by atoms with Crippen molar-refractivity contribution in [3.63, 3.8) is 0 Å². The summed E-state index contributed by atoms with van der Waals surface area (Å²) in [6, 6.07) is 0. The summed E-state index contributed by atoms with van der Waals surface area (Å²) < 4.78 is 34.8. The average molecular weight is 197 g/mol. The highest BCUT2D eigenvalue weighted by Crippen LogP contribution is 2.23. The van der Waals surface area contributed by atoms with E-state index in [9.17, 15) is 12.8 Å². The molecule has 0 radical (unpaired) electrons. The number of alkyl halides is 1. The SMILES string of the molecule is NOCC(F)C1CCS(=O)(=O)C1.